The maximum Gasteiger partial charge on any atom is 0.251 e. The number of fused-ring (bicyclic) bond motifs is 1. The molecular formula is C21H22ClN3O. The summed E-state index contributed by atoms with van der Waals surface area (Å²) in [6.07, 6.45) is 3.66. The molecule has 26 heavy (non-hydrogen) atoms. The lowest BCUT2D eigenvalue weighted by Gasteiger charge is -2.10. The first-order valence-corrected chi connectivity index (χ1v) is 9.14. The Morgan fingerprint density at radius 1 is 1.04 bits per heavy atom. The second-order valence-electron chi connectivity index (χ2n) is 6.28. The minimum Gasteiger partial charge on any atom is -0.384 e. The van der Waals surface area contributed by atoms with Crippen molar-refractivity contribution in [3.05, 3.63) is 70.9 Å². The van der Waals surface area contributed by atoms with E-state index in [0.717, 1.165) is 41.5 Å². The van der Waals surface area contributed by atoms with Crippen LogP contribution >= 0.6 is 11.6 Å². The van der Waals surface area contributed by atoms with Crippen LogP contribution in [-0.2, 0) is 0 Å². The lowest BCUT2D eigenvalue weighted by atomic mass is 10.1. The number of aromatic nitrogens is 1. The summed E-state index contributed by atoms with van der Waals surface area (Å²) in [6.45, 7) is 3.51. The van der Waals surface area contributed by atoms with Gasteiger partial charge in [0.1, 0.15) is 0 Å². The van der Waals surface area contributed by atoms with Gasteiger partial charge in [0.25, 0.3) is 5.91 Å². The molecule has 1 aromatic heterocycles. The monoisotopic (exact) mass is 367 g/mol. The zero-order valence-electron chi connectivity index (χ0n) is 14.8. The number of hydrogen-bond acceptors (Lipinski definition) is 3. The normalized spacial score (nSPS) is 10.7. The van der Waals surface area contributed by atoms with E-state index < -0.39 is 0 Å². The molecule has 1 amide bonds. The second-order valence-corrected chi connectivity index (χ2v) is 6.71. The summed E-state index contributed by atoms with van der Waals surface area (Å²) in [5, 5.41) is 8.15. The number of halogens is 1. The van der Waals surface area contributed by atoms with Crippen LogP contribution in [-0.4, -0.2) is 24.0 Å². The summed E-state index contributed by atoms with van der Waals surface area (Å²) in [4.78, 5) is 16.4. The van der Waals surface area contributed by atoms with Crippen LogP contribution in [0.25, 0.3) is 10.9 Å². The van der Waals surface area contributed by atoms with Gasteiger partial charge in [0, 0.05) is 40.9 Å². The molecule has 2 aromatic carbocycles. The van der Waals surface area contributed by atoms with Gasteiger partial charge in [-0.25, -0.2) is 0 Å². The Morgan fingerprint density at radius 3 is 2.62 bits per heavy atom. The van der Waals surface area contributed by atoms with E-state index in [-0.39, 0.29) is 5.91 Å². The van der Waals surface area contributed by atoms with Crippen molar-refractivity contribution < 1.29 is 4.79 Å². The zero-order chi connectivity index (χ0) is 18.4. The molecule has 134 valence electrons. The molecule has 0 atom stereocenters. The number of rotatable bonds is 7. The summed E-state index contributed by atoms with van der Waals surface area (Å²) < 4.78 is 0. The van der Waals surface area contributed by atoms with Crippen LogP contribution in [0, 0.1) is 6.92 Å². The van der Waals surface area contributed by atoms with Crippen LogP contribution in [0.4, 0.5) is 5.69 Å². The van der Waals surface area contributed by atoms with Crippen molar-refractivity contribution in [2.45, 2.75) is 19.8 Å². The van der Waals surface area contributed by atoms with E-state index in [4.69, 9.17) is 11.6 Å². The average Bonchev–Trinajstić information content (AvgIpc) is 2.64. The fourth-order valence-electron chi connectivity index (χ4n) is 2.76. The van der Waals surface area contributed by atoms with Crippen molar-refractivity contribution in [2.24, 2.45) is 0 Å². The highest BCUT2D eigenvalue weighted by molar-refractivity contribution is 6.31. The van der Waals surface area contributed by atoms with Crippen molar-refractivity contribution in [2.75, 3.05) is 18.4 Å². The fourth-order valence-corrected chi connectivity index (χ4v) is 2.92. The van der Waals surface area contributed by atoms with Crippen molar-refractivity contribution in [1.29, 1.82) is 0 Å². The molecule has 0 fully saturated rings. The second kappa shape index (κ2) is 8.68. The molecular weight excluding hydrogens is 346 g/mol. The van der Waals surface area contributed by atoms with Gasteiger partial charge in [-0.3, -0.25) is 9.78 Å². The molecule has 0 unspecified atom stereocenters. The van der Waals surface area contributed by atoms with Crippen molar-refractivity contribution >= 4 is 34.1 Å². The summed E-state index contributed by atoms with van der Waals surface area (Å²) in [6, 6.07) is 15.3. The van der Waals surface area contributed by atoms with E-state index in [0.29, 0.717) is 17.1 Å². The predicted molar refractivity (Wildman–Crippen MR) is 108 cm³/mol. The van der Waals surface area contributed by atoms with Gasteiger partial charge in [-0.15, -0.1) is 0 Å². The van der Waals surface area contributed by atoms with Gasteiger partial charge < -0.3 is 10.6 Å². The van der Waals surface area contributed by atoms with E-state index in [1.54, 1.807) is 6.20 Å². The van der Waals surface area contributed by atoms with Crippen molar-refractivity contribution in [3.63, 3.8) is 0 Å². The number of nitrogens with one attached hydrogen (secondary N) is 2. The number of nitrogens with zero attached hydrogens (tertiary/aromatic N) is 1. The van der Waals surface area contributed by atoms with Gasteiger partial charge in [0.15, 0.2) is 0 Å². The first-order valence-electron chi connectivity index (χ1n) is 8.76. The van der Waals surface area contributed by atoms with Crippen LogP contribution in [0.1, 0.15) is 28.8 Å². The van der Waals surface area contributed by atoms with Crippen LogP contribution in [0.3, 0.4) is 0 Å². The highest BCUT2D eigenvalue weighted by Crippen LogP contribution is 2.24. The maximum atomic E-state index is 12.0. The number of pyridine rings is 1. The summed E-state index contributed by atoms with van der Waals surface area (Å²) >= 11 is 6.02. The Balaban J connectivity index is 1.42. The third-order valence-corrected chi connectivity index (χ3v) is 4.46. The summed E-state index contributed by atoms with van der Waals surface area (Å²) in [7, 11) is 0. The average molecular weight is 368 g/mol. The Labute approximate surface area is 158 Å². The molecule has 0 spiro atoms. The topological polar surface area (TPSA) is 54.0 Å². The molecule has 0 saturated carbocycles. The van der Waals surface area contributed by atoms with Gasteiger partial charge in [-0.1, -0.05) is 29.3 Å². The minimum atomic E-state index is -0.0186. The molecule has 0 radical (unpaired) electrons. The van der Waals surface area contributed by atoms with Crippen LogP contribution in [0.15, 0.2) is 54.7 Å². The Morgan fingerprint density at radius 2 is 1.81 bits per heavy atom. The standard InChI is InChI=1S/C21H22ClN3O/c1-15-4-6-16(7-5-15)21(26)25-12-3-2-11-23-19-10-13-24-20-14-17(22)8-9-18(19)20/h4-10,13-14H,2-3,11-12H2,1H3,(H,23,24)(H,25,26). The maximum absolute atomic E-state index is 12.0. The van der Waals surface area contributed by atoms with Crippen molar-refractivity contribution in [3.8, 4) is 0 Å². The molecule has 0 aliphatic heterocycles. The highest BCUT2D eigenvalue weighted by atomic mass is 35.5. The SMILES string of the molecule is Cc1ccc(C(=O)NCCCCNc2ccnc3cc(Cl)ccc23)cc1. The number of anilines is 1. The first kappa shape index (κ1) is 18.2. The molecule has 0 saturated heterocycles. The van der Waals surface area contributed by atoms with E-state index in [9.17, 15) is 4.79 Å². The molecule has 0 aliphatic rings. The van der Waals surface area contributed by atoms with E-state index in [1.165, 1.54) is 0 Å². The number of hydrogen-bond donors (Lipinski definition) is 2. The van der Waals surface area contributed by atoms with E-state index >= 15 is 0 Å². The minimum absolute atomic E-state index is 0.0186. The van der Waals surface area contributed by atoms with Gasteiger partial charge in [0.05, 0.1) is 5.52 Å². The van der Waals surface area contributed by atoms with Crippen LogP contribution in [0.2, 0.25) is 5.02 Å². The van der Waals surface area contributed by atoms with Gasteiger partial charge in [-0.05, 0) is 56.2 Å². The smallest absolute Gasteiger partial charge is 0.251 e. The van der Waals surface area contributed by atoms with Crippen LogP contribution in [0.5, 0.6) is 0 Å². The number of carbonyl (C=O) groups is 1. The van der Waals surface area contributed by atoms with Gasteiger partial charge in [-0.2, -0.15) is 0 Å². The lowest BCUT2D eigenvalue weighted by Crippen LogP contribution is -2.24. The third-order valence-electron chi connectivity index (χ3n) is 4.22. The number of aryl methyl sites for hydroxylation is 1. The van der Waals surface area contributed by atoms with Crippen LogP contribution < -0.4 is 10.6 Å². The molecule has 2 N–H and O–H groups in total. The number of amides is 1. The molecule has 3 rings (SSSR count). The number of unbranched alkanes of at least 4 members (excludes halogenated alkanes) is 1. The molecule has 0 aliphatic carbocycles. The Kier molecular flexibility index (Phi) is 6.08. The van der Waals surface area contributed by atoms with E-state index in [1.807, 2.05) is 55.5 Å². The predicted octanol–water partition coefficient (Wildman–Crippen LogP) is 4.82. The number of benzene rings is 2. The number of carbonyl (C=O) groups excluding carboxylic acids is 1. The fraction of sp³-hybridized carbons (Fsp3) is 0.238. The van der Waals surface area contributed by atoms with Gasteiger partial charge >= 0.3 is 0 Å². The largest absolute Gasteiger partial charge is 0.384 e. The van der Waals surface area contributed by atoms with Crippen molar-refractivity contribution in [1.82, 2.24) is 10.3 Å². The molecule has 4 nitrogen and oxygen atoms in total. The summed E-state index contributed by atoms with van der Waals surface area (Å²) in [5.41, 5.74) is 3.79. The van der Waals surface area contributed by atoms with E-state index in [2.05, 4.69) is 15.6 Å². The molecule has 1 heterocycles. The molecule has 5 heteroatoms. The lowest BCUT2D eigenvalue weighted by molar-refractivity contribution is 0.0953. The Bertz CT molecular complexity index is 893. The zero-order valence-corrected chi connectivity index (χ0v) is 15.5. The Hall–Kier alpha value is -2.59. The summed E-state index contributed by atoms with van der Waals surface area (Å²) in [5.74, 6) is -0.0186. The first-order chi connectivity index (χ1) is 12.6. The third kappa shape index (κ3) is 4.73. The van der Waals surface area contributed by atoms with Gasteiger partial charge in [0.2, 0.25) is 0 Å². The molecule has 0 bridgehead atoms. The molecule has 3 aromatic rings. The quantitative estimate of drug-likeness (QED) is 0.589. The highest BCUT2D eigenvalue weighted by Gasteiger charge is 2.04.